The van der Waals surface area contributed by atoms with Crippen LogP contribution in [-0.4, -0.2) is 34.4 Å². The molecule has 1 fully saturated rings. The van der Waals surface area contributed by atoms with E-state index in [1.807, 2.05) is 0 Å². The Balaban J connectivity index is 1.90. The van der Waals surface area contributed by atoms with Gasteiger partial charge in [0.25, 0.3) is 0 Å². The van der Waals surface area contributed by atoms with Crippen LogP contribution in [0.2, 0.25) is 0 Å². The predicted molar refractivity (Wildman–Crippen MR) is 79.2 cm³/mol. The first-order valence-corrected chi connectivity index (χ1v) is 8.66. The number of sulfonamides is 1. The minimum Gasteiger partial charge on any atom is -0.494 e. The summed E-state index contributed by atoms with van der Waals surface area (Å²) in [6, 6.07) is 4.42. The van der Waals surface area contributed by atoms with Crippen molar-refractivity contribution in [1.29, 1.82) is 0 Å². The summed E-state index contributed by atoms with van der Waals surface area (Å²) >= 11 is 0. The molecule has 1 saturated heterocycles. The summed E-state index contributed by atoms with van der Waals surface area (Å²) in [6.45, 7) is 1.82. The van der Waals surface area contributed by atoms with Crippen molar-refractivity contribution in [2.45, 2.75) is 19.4 Å². The van der Waals surface area contributed by atoms with Crippen molar-refractivity contribution in [2.24, 2.45) is 5.92 Å². The number of halogens is 1. The third kappa shape index (κ3) is 4.94. The largest absolute Gasteiger partial charge is 0.494 e. The molecule has 2 N–H and O–H groups in total. The number of nitrogens with one attached hydrogen (secondary N) is 2. The van der Waals surface area contributed by atoms with Crippen molar-refractivity contribution >= 4 is 10.0 Å². The number of hydrogen-bond acceptors (Lipinski definition) is 4. The van der Waals surface area contributed by atoms with Crippen LogP contribution >= 0.6 is 0 Å². The summed E-state index contributed by atoms with van der Waals surface area (Å²) in [5.41, 5.74) is 0.571. The third-order valence-corrected chi connectivity index (χ3v) is 5.12. The minimum absolute atomic E-state index is 0.0915. The maximum Gasteiger partial charge on any atom is 0.212 e. The second-order valence-corrected chi connectivity index (χ2v) is 7.12. The normalized spacial score (nSPS) is 16.9. The van der Waals surface area contributed by atoms with E-state index in [1.54, 1.807) is 6.07 Å². The molecule has 0 unspecified atom stereocenters. The molecular weight excluding hydrogens is 295 g/mol. The molecule has 1 aromatic rings. The molecule has 1 aromatic carbocycles. The van der Waals surface area contributed by atoms with E-state index in [-0.39, 0.29) is 24.0 Å². The molecule has 0 atom stereocenters. The number of ether oxygens (including phenoxy) is 1. The number of benzene rings is 1. The van der Waals surface area contributed by atoms with Crippen LogP contribution in [0, 0.1) is 11.7 Å². The first-order valence-electron chi connectivity index (χ1n) is 7.00. The van der Waals surface area contributed by atoms with E-state index < -0.39 is 15.8 Å². The molecule has 7 heteroatoms. The van der Waals surface area contributed by atoms with Crippen molar-refractivity contribution in [3.63, 3.8) is 0 Å². The Kier molecular flexibility index (Phi) is 5.55. The van der Waals surface area contributed by atoms with Crippen LogP contribution in [0.4, 0.5) is 4.39 Å². The number of methoxy groups -OCH3 is 1. The zero-order valence-corrected chi connectivity index (χ0v) is 12.9. The lowest BCUT2D eigenvalue weighted by Gasteiger charge is -2.22. The van der Waals surface area contributed by atoms with E-state index in [0.29, 0.717) is 5.56 Å². The molecule has 118 valence electrons. The molecule has 0 bridgehead atoms. The van der Waals surface area contributed by atoms with Crippen LogP contribution in [-0.2, 0) is 16.6 Å². The molecule has 5 nitrogen and oxygen atoms in total. The maximum absolute atomic E-state index is 13.5. The smallest absolute Gasteiger partial charge is 0.212 e. The number of hydrogen-bond donors (Lipinski definition) is 2. The standard InChI is InChI=1S/C14H21FN2O3S/c1-20-14-3-2-12(8-13(14)15)9-17-21(18,19)10-11-4-6-16-7-5-11/h2-3,8,11,16-17H,4-7,9-10H2,1H3. The average molecular weight is 316 g/mol. The molecule has 0 aromatic heterocycles. The fourth-order valence-electron chi connectivity index (χ4n) is 2.43. The molecule has 0 aliphatic carbocycles. The van der Waals surface area contributed by atoms with Crippen molar-refractivity contribution in [1.82, 2.24) is 10.0 Å². The van der Waals surface area contributed by atoms with Gasteiger partial charge in [0.2, 0.25) is 10.0 Å². The Morgan fingerprint density at radius 2 is 2.10 bits per heavy atom. The van der Waals surface area contributed by atoms with E-state index in [1.165, 1.54) is 19.2 Å². The van der Waals surface area contributed by atoms with Gasteiger partial charge in [-0.25, -0.2) is 17.5 Å². The zero-order valence-electron chi connectivity index (χ0n) is 12.1. The quantitative estimate of drug-likeness (QED) is 0.829. The van der Waals surface area contributed by atoms with Gasteiger partial charge in [0.15, 0.2) is 11.6 Å². The number of piperidine rings is 1. The summed E-state index contributed by atoms with van der Waals surface area (Å²) < 4.78 is 45.0. The van der Waals surface area contributed by atoms with Crippen molar-refractivity contribution in [3.05, 3.63) is 29.6 Å². The van der Waals surface area contributed by atoms with Crippen LogP contribution in [0.5, 0.6) is 5.75 Å². The van der Waals surface area contributed by atoms with Gasteiger partial charge < -0.3 is 10.1 Å². The van der Waals surface area contributed by atoms with Gasteiger partial charge in [-0.05, 0) is 49.5 Å². The van der Waals surface area contributed by atoms with E-state index >= 15 is 0 Å². The molecule has 2 rings (SSSR count). The molecule has 1 heterocycles. The molecular formula is C14H21FN2O3S. The Hall–Kier alpha value is -1.18. The van der Waals surface area contributed by atoms with Crippen molar-refractivity contribution in [3.8, 4) is 5.75 Å². The Labute approximate surface area is 124 Å². The highest BCUT2D eigenvalue weighted by atomic mass is 32.2. The van der Waals surface area contributed by atoms with Crippen LogP contribution in [0.15, 0.2) is 18.2 Å². The predicted octanol–water partition coefficient (Wildman–Crippen LogP) is 1.25. The maximum atomic E-state index is 13.5. The van der Waals surface area contributed by atoms with Crippen LogP contribution < -0.4 is 14.8 Å². The topological polar surface area (TPSA) is 67.4 Å². The van der Waals surface area contributed by atoms with Gasteiger partial charge in [0.1, 0.15) is 0 Å². The Bertz CT molecular complexity index is 572. The van der Waals surface area contributed by atoms with Crippen LogP contribution in [0.1, 0.15) is 18.4 Å². The Morgan fingerprint density at radius 1 is 1.38 bits per heavy atom. The lowest BCUT2D eigenvalue weighted by molar-refractivity contribution is 0.386. The second kappa shape index (κ2) is 7.20. The van der Waals surface area contributed by atoms with E-state index in [9.17, 15) is 12.8 Å². The molecule has 0 saturated carbocycles. The van der Waals surface area contributed by atoms with Gasteiger partial charge >= 0.3 is 0 Å². The fraction of sp³-hybridized carbons (Fsp3) is 0.571. The highest BCUT2D eigenvalue weighted by Gasteiger charge is 2.20. The van der Waals surface area contributed by atoms with Gasteiger partial charge in [-0.3, -0.25) is 0 Å². The fourth-order valence-corrected chi connectivity index (χ4v) is 3.89. The molecule has 21 heavy (non-hydrogen) atoms. The highest BCUT2D eigenvalue weighted by Crippen LogP contribution is 2.18. The van der Waals surface area contributed by atoms with Gasteiger partial charge in [-0.2, -0.15) is 0 Å². The average Bonchev–Trinajstić information content (AvgIpc) is 2.46. The van der Waals surface area contributed by atoms with E-state index in [0.717, 1.165) is 25.9 Å². The SMILES string of the molecule is COc1ccc(CNS(=O)(=O)CC2CCNCC2)cc1F. The van der Waals surface area contributed by atoms with Crippen molar-refractivity contribution in [2.75, 3.05) is 26.0 Å². The lowest BCUT2D eigenvalue weighted by Crippen LogP contribution is -2.35. The van der Waals surface area contributed by atoms with Gasteiger partial charge in [-0.1, -0.05) is 6.07 Å². The van der Waals surface area contributed by atoms with E-state index in [4.69, 9.17) is 4.74 Å². The Morgan fingerprint density at radius 3 is 2.71 bits per heavy atom. The first kappa shape index (κ1) is 16.2. The zero-order chi connectivity index (χ0) is 15.3. The molecule has 1 aliphatic heterocycles. The third-order valence-electron chi connectivity index (χ3n) is 3.63. The summed E-state index contributed by atoms with van der Waals surface area (Å²) in [5, 5.41) is 3.21. The molecule has 0 radical (unpaired) electrons. The second-order valence-electron chi connectivity index (χ2n) is 5.26. The lowest BCUT2D eigenvalue weighted by atomic mass is 10.0. The molecule has 0 amide bonds. The number of rotatable bonds is 6. The minimum atomic E-state index is -3.34. The molecule has 1 aliphatic rings. The molecule has 0 spiro atoms. The summed E-state index contributed by atoms with van der Waals surface area (Å²) in [4.78, 5) is 0. The van der Waals surface area contributed by atoms with Crippen molar-refractivity contribution < 1.29 is 17.5 Å². The van der Waals surface area contributed by atoms with E-state index in [2.05, 4.69) is 10.0 Å². The summed E-state index contributed by atoms with van der Waals surface area (Å²) in [6.07, 6.45) is 1.75. The van der Waals surface area contributed by atoms with Gasteiger partial charge in [0, 0.05) is 6.54 Å². The van der Waals surface area contributed by atoms with Gasteiger partial charge in [0.05, 0.1) is 12.9 Å². The van der Waals surface area contributed by atoms with Gasteiger partial charge in [-0.15, -0.1) is 0 Å². The van der Waals surface area contributed by atoms with Crippen LogP contribution in [0.3, 0.4) is 0 Å². The summed E-state index contributed by atoms with van der Waals surface area (Å²) in [5.74, 6) is -0.0203. The first-order chi connectivity index (χ1) is 10.00. The monoisotopic (exact) mass is 316 g/mol. The highest BCUT2D eigenvalue weighted by molar-refractivity contribution is 7.89. The summed E-state index contributed by atoms with van der Waals surface area (Å²) in [7, 11) is -1.95. The van der Waals surface area contributed by atoms with Crippen LogP contribution in [0.25, 0.3) is 0 Å².